The smallest absolute Gasteiger partial charge is 0.289 e. The number of likely N-dealkylation sites (tertiary alicyclic amines) is 1. The van der Waals surface area contributed by atoms with Crippen molar-refractivity contribution in [2.75, 3.05) is 13.1 Å². The van der Waals surface area contributed by atoms with Gasteiger partial charge in [-0.25, -0.2) is 0 Å². The highest BCUT2D eigenvalue weighted by atomic mass is 16.3. The van der Waals surface area contributed by atoms with Gasteiger partial charge in [0.05, 0.1) is 5.54 Å². The summed E-state index contributed by atoms with van der Waals surface area (Å²) in [5.41, 5.74) is 7.78. The minimum absolute atomic E-state index is 0.0663. The van der Waals surface area contributed by atoms with Gasteiger partial charge < -0.3 is 15.1 Å². The molecule has 2 N–H and O–H groups in total. The molecule has 100 valence electrons. The fourth-order valence-electron chi connectivity index (χ4n) is 2.51. The average molecular weight is 258 g/mol. The molecule has 1 amide bonds. The minimum atomic E-state index is -0.210. The highest BCUT2D eigenvalue weighted by molar-refractivity contribution is 5.96. The van der Waals surface area contributed by atoms with Crippen LogP contribution in [0.1, 0.15) is 29.5 Å². The molecule has 1 fully saturated rings. The summed E-state index contributed by atoms with van der Waals surface area (Å²) in [5.74, 6) is 0.335. The number of benzene rings is 1. The molecular weight excluding hydrogens is 240 g/mol. The van der Waals surface area contributed by atoms with Crippen LogP contribution in [0.25, 0.3) is 11.0 Å². The van der Waals surface area contributed by atoms with E-state index in [0.29, 0.717) is 18.8 Å². The van der Waals surface area contributed by atoms with Gasteiger partial charge in [0.1, 0.15) is 5.58 Å². The Morgan fingerprint density at radius 3 is 2.84 bits per heavy atom. The van der Waals surface area contributed by atoms with Crippen molar-refractivity contribution < 1.29 is 9.21 Å². The number of carbonyl (C=O) groups is 1. The van der Waals surface area contributed by atoms with E-state index in [-0.39, 0.29) is 11.4 Å². The molecule has 0 aliphatic carbocycles. The molecule has 4 heteroatoms. The maximum atomic E-state index is 12.3. The first kappa shape index (κ1) is 12.2. The van der Waals surface area contributed by atoms with Gasteiger partial charge in [-0.1, -0.05) is 18.6 Å². The molecule has 2 aromatic rings. The minimum Gasteiger partial charge on any atom is -0.451 e. The fraction of sp³-hybridized carbons (Fsp3) is 0.400. The Bertz CT molecular complexity index is 639. The SMILES string of the molecule is CCC1(N)CN(C(=O)c2cc3cc(C)ccc3o2)C1. The van der Waals surface area contributed by atoms with E-state index in [9.17, 15) is 4.79 Å². The monoisotopic (exact) mass is 258 g/mol. The van der Waals surface area contributed by atoms with E-state index in [1.54, 1.807) is 4.90 Å². The van der Waals surface area contributed by atoms with E-state index in [2.05, 4.69) is 0 Å². The second kappa shape index (κ2) is 4.10. The standard InChI is InChI=1S/C15H18N2O2/c1-3-15(16)8-17(9-15)14(18)13-7-11-6-10(2)4-5-12(11)19-13/h4-7H,3,8-9,16H2,1-2H3. The zero-order chi connectivity index (χ0) is 13.6. The molecule has 3 rings (SSSR count). The van der Waals surface area contributed by atoms with Gasteiger partial charge >= 0.3 is 0 Å². The third kappa shape index (κ3) is 2.02. The van der Waals surface area contributed by atoms with Crippen LogP contribution >= 0.6 is 0 Å². The Morgan fingerprint density at radius 2 is 2.16 bits per heavy atom. The molecule has 0 atom stereocenters. The largest absolute Gasteiger partial charge is 0.451 e. The molecular formula is C15H18N2O2. The quantitative estimate of drug-likeness (QED) is 0.899. The second-order valence-corrected chi connectivity index (χ2v) is 5.53. The van der Waals surface area contributed by atoms with Crippen molar-refractivity contribution in [2.45, 2.75) is 25.8 Å². The number of furan rings is 1. The number of hydrogen-bond donors (Lipinski definition) is 1. The maximum Gasteiger partial charge on any atom is 0.289 e. The number of aryl methyl sites for hydroxylation is 1. The molecule has 4 nitrogen and oxygen atoms in total. The molecule has 0 spiro atoms. The van der Waals surface area contributed by atoms with Gasteiger partial charge in [0.2, 0.25) is 0 Å². The van der Waals surface area contributed by atoms with E-state index in [4.69, 9.17) is 10.2 Å². The zero-order valence-corrected chi connectivity index (χ0v) is 11.3. The van der Waals surface area contributed by atoms with Crippen molar-refractivity contribution in [3.05, 3.63) is 35.6 Å². The number of fused-ring (bicyclic) bond motifs is 1. The summed E-state index contributed by atoms with van der Waals surface area (Å²) in [6.07, 6.45) is 0.885. The van der Waals surface area contributed by atoms with Crippen molar-refractivity contribution in [2.24, 2.45) is 5.73 Å². The second-order valence-electron chi connectivity index (χ2n) is 5.53. The van der Waals surface area contributed by atoms with Gasteiger partial charge in [-0.15, -0.1) is 0 Å². The van der Waals surface area contributed by atoms with Crippen LogP contribution in [0, 0.1) is 6.92 Å². The normalized spacial score (nSPS) is 17.5. The molecule has 1 aliphatic heterocycles. The summed E-state index contributed by atoms with van der Waals surface area (Å²) in [6, 6.07) is 7.71. The summed E-state index contributed by atoms with van der Waals surface area (Å²) in [5, 5.41) is 0.971. The van der Waals surface area contributed by atoms with Crippen LogP contribution in [0.5, 0.6) is 0 Å². The molecule has 0 saturated carbocycles. The van der Waals surface area contributed by atoms with Crippen LogP contribution in [-0.4, -0.2) is 29.4 Å². The summed E-state index contributed by atoms with van der Waals surface area (Å²) < 4.78 is 5.61. The Morgan fingerprint density at radius 1 is 1.42 bits per heavy atom. The summed E-state index contributed by atoms with van der Waals surface area (Å²) in [7, 11) is 0. The molecule has 1 aromatic carbocycles. The molecule has 0 radical (unpaired) electrons. The van der Waals surface area contributed by atoms with Crippen LogP contribution in [-0.2, 0) is 0 Å². The summed E-state index contributed by atoms with van der Waals surface area (Å²) in [4.78, 5) is 14.0. The predicted octanol–water partition coefficient (Wildman–Crippen LogP) is 2.30. The van der Waals surface area contributed by atoms with Gasteiger partial charge in [0.25, 0.3) is 5.91 Å². The van der Waals surface area contributed by atoms with Crippen LogP contribution in [0.3, 0.4) is 0 Å². The van der Waals surface area contributed by atoms with Gasteiger partial charge in [-0.2, -0.15) is 0 Å². The Hall–Kier alpha value is -1.81. The lowest BCUT2D eigenvalue weighted by Crippen LogP contribution is -2.68. The van der Waals surface area contributed by atoms with Crippen molar-refractivity contribution in [1.29, 1.82) is 0 Å². The predicted molar refractivity (Wildman–Crippen MR) is 74.1 cm³/mol. The van der Waals surface area contributed by atoms with E-state index in [0.717, 1.165) is 23.0 Å². The number of amides is 1. The van der Waals surface area contributed by atoms with Gasteiger partial charge in [-0.05, 0) is 31.5 Å². The number of nitrogens with two attached hydrogens (primary N) is 1. The highest BCUT2D eigenvalue weighted by Gasteiger charge is 2.41. The van der Waals surface area contributed by atoms with Gasteiger partial charge in [0.15, 0.2) is 5.76 Å². The molecule has 2 heterocycles. The van der Waals surface area contributed by atoms with Crippen molar-refractivity contribution in [1.82, 2.24) is 4.90 Å². The summed E-state index contributed by atoms with van der Waals surface area (Å²) in [6.45, 7) is 5.29. The first-order valence-corrected chi connectivity index (χ1v) is 6.59. The van der Waals surface area contributed by atoms with E-state index < -0.39 is 0 Å². The lowest BCUT2D eigenvalue weighted by molar-refractivity contribution is 0.0373. The first-order valence-electron chi connectivity index (χ1n) is 6.59. The Labute approximate surface area is 112 Å². The molecule has 1 saturated heterocycles. The first-order chi connectivity index (χ1) is 9.00. The van der Waals surface area contributed by atoms with Crippen molar-refractivity contribution in [3.8, 4) is 0 Å². The number of carbonyl (C=O) groups excluding carboxylic acids is 1. The number of rotatable bonds is 2. The van der Waals surface area contributed by atoms with E-state index >= 15 is 0 Å². The lowest BCUT2D eigenvalue weighted by Gasteiger charge is -2.46. The molecule has 0 bridgehead atoms. The van der Waals surface area contributed by atoms with Crippen LogP contribution in [0.4, 0.5) is 0 Å². The van der Waals surface area contributed by atoms with Gasteiger partial charge in [-0.3, -0.25) is 4.79 Å². The number of hydrogen-bond acceptors (Lipinski definition) is 3. The number of nitrogens with zero attached hydrogens (tertiary/aromatic N) is 1. The third-order valence-electron chi connectivity index (χ3n) is 3.89. The van der Waals surface area contributed by atoms with E-state index in [1.165, 1.54) is 0 Å². The molecule has 19 heavy (non-hydrogen) atoms. The third-order valence-corrected chi connectivity index (χ3v) is 3.89. The summed E-state index contributed by atoms with van der Waals surface area (Å²) >= 11 is 0. The Balaban J connectivity index is 1.83. The van der Waals surface area contributed by atoms with Crippen molar-refractivity contribution >= 4 is 16.9 Å². The highest BCUT2D eigenvalue weighted by Crippen LogP contribution is 2.26. The fourth-order valence-corrected chi connectivity index (χ4v) is 2.51. The van der Waals surface area contributed by atoms with Gasteiger partial charge in [0, 0.05) is 18.5 Å². The lowest BCUT2D eigenvalue weighted by atomic mass is 9.88. The zero-order valence-electron chi connectivity index (χ0n) is 11.3. The van der Waals surface area contributed by atoms with Crippen LogP contribution < -0.4 is 5.73 Å². The Kier molecular flexibility index (Phi) is 2.64. The van der Waals surface area contributed by atoms with Crippen molar-refractivity contribution in [3.63, 3.8) is 0 Å². The maximum absolute atomic E-state index is 12.3. The molecule has 1 aromatic heterocycles. The topological polar surface area (TPSA) is 59.5 Å². The molecule has 1 aliphatic rings. The average Bonchev–Trinajstić information content (AvgIpc) is 2.77. The van der Waals surface area contributed by atoms with Crippen LogP contribution in [0.2, 0.25) is 0 Å². The van der Waals surface area contributed by atoms with E-state index in [1.807, 2.05) is 38.1 Å². The molecule has 0 unspecified atom stereocenters. The van der Waals surface area contributed by atoms with Crippen LogP contribution in [0.15, 0.2) is 28.7 Å².